The number of aryl methyl sites for hydroxylation is 4. The molecular weight excluding hydrogens is 284 g/mol. The summed E-state index contributed by atoms with van der Waals surface area (Å²) in [7, 11) is 0. The van der Waals surface area contributed by atoms with Crippen LogP contribution in [0.3, 0.4) is 0 Å². The maximum Gasteiger partial charge on any atom is 0.160 e. The first-order chi connectivity index (χ1) is 11.1. The van der Waals surface area contributed by atoms with E-state index in [4.69, 9.17) is 10.7 Å². The van der Waals surface area contributed by atoms with E-state index in [1.807, 2.05) is 13.1 Å². The van der Waals surface area contributed by atoms with Gasteiger partial charge in [0.1, 0.15) is 11.3 Å². The molecule has 0 amide bonds. The highest BCUT2D eigenvalue weighted by Gasteiger charge is 2.16. The number of imidazole rings is 1. The minimum atomic E-state index is 0.197. The third-order valence-electron chi connectivity index (χ3n) is 4.28. The summed E-state index contributed by atoms with van der Waals surface area (Å²) in [5.74, 6) is 1.07. The molecule has 0 aliphatic carbocycles. The van der Waals surface area contributed by atoms with Crippen LogP contribution in [0.1, 0.15) is 35.5 Å². The Bertz CT molecular complexity index is 802. The number of hydrogen-bond acceptors (Lipinski definition) is 3. The quantitative estimate of drug-likeness (QED) is 0.786. The Morgan fingerprint density at radius 1 is 1.09 bits per heavy atom. The molecule has 1 aromatic carbocycles. The van der Waals surface area contributed by atoms with Crippen LogP contribution in [-0.4, -0.2) is 21.1 Å². The van der Waals surface area contributed by atoms with E-state index in [0.29, 0.717) is 6.54 Å². The van der Waals surface area contributed by atoms with Crippen molar-refractivity contribution in [1.29, 1.82) is 0 Å². The Labute approximate surface area is 137 Å². The zero-order chi connectivity index (χ0) is 16.4. The van der Waals surface area contributed by atoms with Crippen molar-refractivity contribution in [1.82, 2.24) is 14.5 Å². The molecule has 3 rings (SSSR count). The highest BCUT2D eigenvalue weighted by Crippen LogP contribution is 2.21. The molecule has 0 spiro atoms. The Hall–Kier alpha value is -2.20. The van der Waals surface area contributed by atoms with E-state index < -0.39 is 0 Å². The van der Waals surface area contributed by atoms with Crippen molar-refractivity contribution < 1.29 is 0 Å². The lowest BCUT2D eigenvalue weighted by Crippen LogP contribution is -2.19. The molecule has 3 aromatic rings. The molecule has 1 atom stereocenters. The maximum absolute atomic E-state index is 5.90. The van der Waals surface area contributed by atoms with E-state index in [0.717, 1.165) is 35.4 Å². The van der Waals surface area contributed by atoms with Crippen LogP contribution in [0.4, 0.5) is 0 Å². The summed E-state index contributed by atoms with van der Waals surface area (Å²) in [6.07, 6.45) is 3.76. The summed E-state index contributed by atoms with van der Waals surface area (Å²) in [5.41, 5.74) is 11.6. The molecule has 0 fully saturated rings. The Morgan fingerprint density at radius 2 is 1.83 bits per heavy atom. The summed E-state index contributed by atoms with van der Waals surface area (Å²) in [5, 5.41) is 0. The number of rotatable bonds is 5. The third-order valence-corrected chi connectivity index (χ3v) is 4.28. The van der Waals surface area contributed by atoms with E-state index >= 15 is 0 Å². The van der Waals surface area contributed by atoms with Crippen molar-refractivity contribution in [2.24, 2.45) is 5.73 Å². The van der Waals surface area contributed by atoms with Gasteiger partial charge in [-0.25, -0.2) is 9.97 Å². The fraction of sp³-hybridized carbons (Fsp3) is 0.368. The number of hydrogen-bond donors (Lipinski definition) is 1. The number of fused-ring (bicyclic) bond motifs is 1. The predicted molar refractivity (Wildman–Crippen MR) is 94.6 cm³/mol. The molecule has 0 bridgehead atoms. The van der Waals surface area contributed by atoms with Gasteiger partial charge in [-0.3, -0.25) is 0 Å². The molecule has 0 aliphatic heterocycles. The van der Waals surface area contributed by atoms with Gasteiger partial charge in [0, 0.05) is 25.2 Å². The van der Waals surface area contributed by atoms with Crippen molar-refractivity contribution >= 4 is 11.2 Å². The van der Waals surface area contributed by atoms with Crippen LogP contribution < -0.4 is 5.73 Å². The maximum atomic E-state index is 5.90. The van der Waals surface area contributed by atoms with E-state index in [2.05, 4.69) is 53.7 Å². The van der Waals surface area contributed by atoms with Crippen LogP contribution >= 0.6 is 0 Å². The van der Waals surface area contributed by atoms with Crippen LogP contribution in [0.2, 0.25) is 0 Å². The minimum Gasteiger partial charge on any atom is -0.328 e. The molecule has 120 valence electrons. The fourth-order valence-electron chi connectivity index (χ4n) is 2.89. The molecule has 4 nitrogen and oxygen atoms in total. The van der Waals surface area contributed by atoms with Gasteiger partial charge in [0.2, 0.25) is 0 Å². The Morgan fingerprint density at radius 3 is 2.52 bits per heavy atom. The number of aromatic nitrogens is 3. The number of nitrogens with zero attached hydrogens (tertiary/aromatic N) is 3. The predicted octanol–water partition coefficient (Wildman–Crippen LogP) is 3.35. The van der Waals surface area contributed by atoms with E-state index in [-0.39, 0.29) is 6.04 Å². The lowest BCUT2D eigenvalue weighted by atomic mass is 10.1. The van der Waals surface area contributed by atoms with Crippen LogP contribution in [-0.2, 0) is 12.8 Å². The van der Waals surface area contributed by atoms with Gasteiger partial charge in [-0.2, -0.15) is 0 Å². The van der Waals surface area contributed by atoms with Crippen molar-refractivity contribution in [3.63, 3.8) is 0 Å². The highest BCUT2D eigenvalue weighted by molar-refractivity contribution is 5.72. The topological polar surface area (TPSA) is 56.7 Å². The Balaban J connectivity index is 1.93. The highest BCUT2D eigenvalue weighted by atomic mass is 15.2. The Kier molecular flexibility index (Phi) is 4.44. The van der Waals surface area contributed by atoms with Gasteiger partial charge in [-0.15, -0.1) is 0 Å². The summed E-state index contributed by atoms with van der Waals surface area (Å²) in [4.78, 5) is 9.40. The minimum absolute atomic E-state index is 0.197. The average Bonchev–Trinajstić information content (AvgIpc) is 2.91. The van der Waals surface area contributed by atoms with Crippen molar-refractivity contribution in [2.45, 2.75) is 39.7 Å². The van der Waals surface area contributed by atoms with Gasteiger partial charge in [0.15, 0.2) is 5.65 Å². The molecule has 0 saturated heterocycles. The fourth-order valence-corrected chi connectivity index (χ4v) is 2.89. The summed E-state index contributed by atoms with van der Waals surface area (Å²) >= 11 is 0. The average molecular weight is 308 g/mol. The molecule has 0 aliphatic rings. The largest absolute Gasteiger partial charge is 0.328 e. The second-order valence-electron chi connectivity index (χ2n) is 6.32. The molecule has 0 saturated carbocycles. The van der Waals surface area contributed by atoms with E-state index in [1.165, 1.54) is 11.1 Å². The van der Waals surface area contributed by atoms with Gasteiger partial charge in [0.25, 0.3) is 0 Å². The zero-order valence-corrected chi connectivity index (χ0v) is 14.1. The SMILES string of the molecule is Cc1ccc(CCc2nc3cc(C)cnc3n2C(C)CN)cc1. The van der Waals surface area contributed by atoms with Gasteiger partial charge < -0.3 is 10.3 Å². The van der Waals surface area contributed by atoms with Gasteiger partial charge in [0.05, 0.1) is 0 Å². The lowest BCUT2D eigenvalue weighted by molar-refractivity contribution is 0.542. The number of pyridine rings is 1. The van der Waals surface area contributed by atoms with Crippen molar-refractivity contribution in [3.8, 4) is 0 Å². The molecule has 1 unspecified atom stereocenters. The van der Waals surface area contributed by atoms with Gasteiger partial charge >= 0.3 is 0 Å². The summed E-state index contributed by atoms with van der Waals surface area (Å²) < 4.78 is 2.20. The lowest BCUT2D eigenvalue weighted by Gasteiger charge is -2.15. The number of benzene rings is 1. The molecular formula is C19H24N4. The van der Waals surface area contributed by atoms with Crippen LogP contribution in [0, 0.1) is 13.8 Å². The third kappa shape index (κ3) is 3.27. The zero-order valence-electron chi connectivity index (χ0n) is 14.1. The smallest absolute Gasteiger partial charge is 0.160 e. The molecule has 0 radical (unpaired) electrons. The second-order valence-corrected chi connectivity index (χ2v) is 6.32. The molecule has 2 N–H and O–H groups in total. The summed E-state index contributed by atoms with van der Waals surface area (Å²) in [6.45, 7) is 6.86. The van der Waals surface area contributed by atoms with Crippen molar-refractivity contribution in [2.75, 3.05) is 6.54 Å². The van der Waals surface area contributed by atoms with E-state index in [1.54, 1.807) is 0 Å². The molecule has 2 aromatic heterocycles. The normalized spacial score (nSPS) is 12.7. The standard InChI is InChI=1S/C19H24N4/c1-13-4-6-16(7-5-13)8-9-18-22-17-10-14(2)12-21-19(17)23(18)15(3)11-20/h4-7,10,12,15H,8-9,11,20H2,1-3H3. The van der Waals surface area contributed by atoms with Crippen LogP contribution in [0.15, 0.2) is 36.5 Å². The molecule has 23 heavy (non-hydrogen) atoms. The van der Waals surface area contributed by atoms with Crippen LogP contribution in [0.25, 0.3) is 11.2 Å². The second kappa shape index (κ2) is 6.50. The van der Waals surface area contributed by atoms with Gasteiger partial charge in [-0.05, 0) is 44.4 Å². The van der Waals surface area contributed by atoms with Crippen molar-refractivity contribution in [3.05, 3.63) is 59.0 Å². The molecule has 4 heteroatoms. The number of nitrogens with two attached hydrogens (primary N) is 1. The summed E-state index contributed by atoms with van der Waals surface area (Å²) in [6, 6.07) is 11.0. The van der Waals surface area contributed by atoms with Gasteiger partial charge in [-0.1, -0.05) is 29.8 Å². The first-order valence-corrected chi connectivity index (χ1v) is 8.17. The first kappa shape index (κ1) is 15.7. The first-order valence-electron chi connectivity index (χ1n) is 8.17. The molecule has 2 heterocycles. The van der Waals surface area contributed by atoms with E-state index in [9.17, 15) is 0 Å². The van der Waals surface area contributed by atoms with Crippen LogP contribution in [0.5, 0.6) is 0 Å². The monoisotopic (exact) mass is 308 g/mol.